The fraction of sp³-hybridized carbons (Fsp3) is 0.304. The van der Waals surface area contributed by atoms with E-state index in [0.717, 1.165) is 42.8 Å². The zero-order valence-corrected chi connectivity index (χ0v) is 16.9. The van der Waals surface area contributed by atoms with E-state index in [1.165, 1.54) is 5.56 Å². The van der Waals surface area contributed by atoms with E-state index >= 15 is 0 Å². The van der Waals surface area contributed by atoms with E-state index in [9.17, 15) is 4.79 Å². The summed E-state index contributed by atoms with van der Waals surface area (Å²) in [4.78, 5) is 30.2. The SMILES string of the molecule is Cc1cc(C(=O)N(C)CCc2ccncc2)nc(N2CCCc3ccccc32)n1. The van der Waals surface area contributed by atoms with Gasteiger partial charge < -0.3 is 9.80 Å². The lowest BCUT2D eigenvalue weighted by atomic mass is 10.0. The van der Waals surface area contributed by atoms with Crippen molar-refractivity contribution in [2.45, 2.75) is 26.2 Å². The molecule has 3 aromatic rings. The molecule has 0 saturated heterocycles. The molecule has 4 rings (SSSR count). The molecule has 1 aliphatic rings. The lowest BCUT2D eigenvalue weighted by Gasteiger charge is -2.30. The van der Waals surface area contributed by atoms with Crippen LogP contribution in [0.15, 0.2) is 54.9 Å². The Hall–Kier alpha value is -3.28. The molecule has 0 unspecified atom stereocenters. The Morgan fingerprint density at radius 2 is 1.93 bits per heavy atom. The number of aromatic nitrogens is 3. The maximum Gasteiger partial charge on any atom is 0.272 e. The molecule has 1 aliphatic heterocycles. The third-order valence-corrected chi connectivity index (χ3v) is 5.25. The molecule has 0 atom stereocenters. The summed E-state index contributed by atoms with van der Waals surface area (Å²) in [5.41, 5.74) is 4.82. The molecule has 6 nitrogen and oxygen atoms in total. The molecular weight excluding hydrogens is 362 g/mol. The molecule has 0 saturated carbocycles. The predicted molar refractivity (Wildman–Crippen MR) is 113 cm³/mol. The first kappa shape index (κ1) is 19.1. The van der Waals surface area contributed by atoms with Gasteiger partial charge in [0, 0.05) is 43.9 Å². The van der Waals surface area contributed by atoms with Crippen molar-refractivity contribution in [2.75, 3.05) is 25.0 Å². The summed E-state index contributed by atoms with van der Waals surface area (Å²) in [5, 5.41) is 0. The van der Waals surface area contributed by atoms with E-state index in [0.29, 0.717) is 18.2 Å². The molecule has 0 aliphatic carbocycles. The summed E-state index contributed by atoms with van der Waals surface area (Å²) >= 11 is 0. The summed E-state index contributed by atoms with van der Waals surface area (Å²) in [5.74, 6) is 0.513. The Balaban J connectivity index is 1.55. The summed E-state index contributed by atoms with van der Waals surface area (Å²) in [7, 11) is 1.82. The van der Waals surface area contributed by atoms with Crippen LogP contribution < -0.4 is 4.90 Å². The van der Waals surface area contributed by atoms with Crippen LogP contribution in [0.1, 0.15) is 33.7 Å². The molecule has 1 aromatic carbocycles. The van der Waals surface area contributed by atoms with Crippen molar-refractivity contribution in [3.63, 3.8) is 0 Å². The van der Waals surface area contributed by atoms with Gasteiger partial charge in [0.2, 0.25) is 5.95 Å². The van der Waals surface area contributed by atoms with E-state index < -0.39 is 0 Å². The third-order valence-electron chi connectivity index (χ3n) is 5.25. The summed E-state index contributed by atoms with van der Waals surface area (Å²) in [6, 6.07) is 14.1. The predicted octanol–water partition coefficient (Wildman–Crippen LogP) is 3.58. The second-order valence-corrected chi connectivity index (χ2v) is 7.41. The van der Waals surface area contributed by atoms with Gasteiger partial charge in [-0.2, -0.15) is 0 Å². The Labute approximate surface area is 171 Å². The number of pyridine rings is 1. The molecule has 2 aromatic heterocycles. The molecule has 0 fully saturated rings. The number of benzene rings is 1. The van der Waals surface area contributed by atoms with Gasteiger partial charge in [-0.1, -0.05) is 18.2 Å². The third kappa shape index (κ3) is 4.26. The maximum atomic E-state index is 13.0. The van der Waals surface area contributed by atoms with Gasteiger partial charge in [0.1, 0.15) is 5.69 Å². The Morgan fingerprint density at radius 3 is 2.76 bits per heavy atom. The lowest BCUT2D eigenvalue weighted by molar-refractivity contribution is 0.0790. The minimum absolute atomic E-state index is 0.0869. The topological polar surface area (TPSA) is 62.2 Å². The number of carbonyl (C=O) groups excluding carboxylic acids is 1. The van der Waals surface area contributed by atoms with Crippen LogP contribution in [0.3, 0.4) is 0 Å². The number of aryl methyl sites for hydroxylation is 2. The highest BCUT2D eigenvalue weighted by atomic mass is 16.2. The molecule has 0 bridgehead atoms. The number of amides is 1. The number of rotatable bonds is 5. The van der Waals surface area contributed by atoms with Crippen LogP contribution in [0.2, 0.25) is 0 Å². The van der Waals surface area contributed by atoms with Gasteiger partial charge in [0.25, 0.3) is 5.91 Å². The summed E-state index contributed by atoms with van der Waals surface area (Å²) in [6.07, 6.45) is 6.42. The van der Waals surface area contributed by atoms with E-state index in [4.69, 9.17) is 0 Å². The summed E-state index contributed by atoms with van der Waals surface area (Å²) < 4.78 is 0. The van der Waals surface area contributed by atoms with Crippen LogP contribution in [0.4, 0.5) is 11.6 Å². The monoisotopic (exact) mass is 387 g/mol. The largest absolute Gasteiger partial charge is 0.340 e. The standard InChI is InChI=1S/C23H25N5O/c1-17-16-20(22(29)27(2)15-11-18-9-12-24-13-10-18)26-23(25-17)28-14-5-7-19-6-3-4-8-21(19)28/h3-4,6,8-10,12-13,16H,5,7,11,14-15H2,1-2H3. The van der Waals surface area contributed by atoms with E-state index in [-0.39, 0.29) is 5.91 Å². The number of hydrogen-bond acceptors (Lipinski definition) is 5. The van der Waals surface area contributed by atoms with Gasteiger partial charge in [-0.25, -0.2) is 9.97 Å². The van der Waals surface area contributed by atoms with Gasteiger partial charge in [-0.15, -0.1) is 0 Å². The zero-order chi connectivity index (χ0) is 20.2. The van der Waals surface area contributed by atoms with E-state index in [1.807, 2.05) is 32.2 Å². The minimum Gasteiger partial charge on any atom is -0.340 e. The molecule has 0 N–H and O–H groups in total. The molecule has 0 spiro atoms. The fourth-order valence-corrected chi connectivity index (χ4v) is 3.67. The maximum absolute atomic E-state index is 13.0. The molecule has 29 heavy (non-hydrogen) atoms. The highest BCUT2D eigenvalue weighted by Crippen LogP contribution is 2.31. The first-order valence-electron chi connectivity index (χ1n) is 9.97. The average Bonchev–Trinajstić information content (AvgIpc) is 2.76. The van der Waals surface area contributed by atoms with Gasteiger partial charge in [0.05, 0.1) is 0 Å². The van der Waals surface area contributed by atoms with Crippen LogP contribution in [0.25, 0.3) is 0 Å². The number of anilines is 2. The highest BCUT2D eigenvalue weighted by molar-refractivity contribution is 5.92. The van der Waals surface area contributed by atoms with Crippen LogP contribution in [-0.4, -0.2) is 45.9 Å². The van der Waals surface area contributed by atoms with Crippen molar-refractivity contribution < 1.29 is 4.79 Å². The number of nitrogens with zero attached hydrogens (tertiary/aromatic N) is 5. The molecule has 0 radical (unpaired) electrons. The van der Waals surface area contributed by atoms with Crippen molar-refractivity contribution in [3.05, 3.63) is 77.4 Å². The second kappa shape index (κ2) is 8.39. The minimum atomic E-state index is -0.0869. The van der Waals surface area contributed by atoms with Crippen LogP contribution in [0, 0.1) is 6.92 Å². The fourth-order valence-electron chi connectivity index (χ4n) is 3.67. The first-order chi connectivity index (χ1) is 14.1. The summed E-state index contributed by atoms with van der Waals surface area (Å²) in [6.45, 7) is 3.38. The van der Waals surface area contributed by atoms with E-state index in [1.54, 1.807) is 23.4 Å². The quantitative estimate of drug-likeness (QED) is 0.670. The van der Waals surface area contributed by atoms with Gasteiger partial charge >= 0.3 is 0 Å². The lowest BCUT2D eigenvalue weighted by Crippen LogP contribution is -2.31. The molecule has 1 amide bonds. The number of hydrogen-bond donors (Lipinski definition) is 0. The molecule has 148 valence electrons. The Bertz CT molecular complexity index is 1010. The van der Waals surface area contributed by atoms with Crippen molar-refractivity contribution in [1.82, 2.24) is 19.9 Å². The molecular formula is C23H25N5O. The smallest absolute Gasteiger partial charge is 0.272 e. The molecule has 3 heterocycles. The van der Waals surface area contributed by atoms with Crippen molar-refractivity contribution >= 4 is 17.5 Å². The van der Waals surface area contributed by atoms with Gasteiger partial charge in [0.15, 0.2) is 0 Å². The van der Waals surface area contributed by atoms with Crippen molar-refractivity contribution in [3.8, 4) is 0 Å². The van der Waals surface area contributed by atoms with Crippen LogP contribution in [-0.2, 0) is 12.8 Å². The second-order valence-electron chi connectivity index (χ2n) is 7.41. The number of carbonyl (C=O) groups is 1. The van der Waals surface area contributed by atoms with Crippen LogP contribution in [0.5, 0.6) is 0 Å². The normalized spacial score (nSPS) is 13.1. The first-order valence-corrected chi connectivity index (χ1v) is 9.97. The number of fused-ring (bicyclic) bond motifs is 1. The van der Waals surface area contributed by atoms with Crippen molar-refractivity contribution in [1.29, 1.82) is 0 Å². The van der Waals surface area contributed by atoms with Crippen molar-refractivity contribution in [2.24, 2.45) is 0 Å². The van der Waals surface area contributed by atoms with Gasteiger partial charge in [-0.3, -0.25) is 9.78 Å². The zero-order valence-electron chi connectivity index (χ0n) is 16.9. The van der Waals surface area contributed by atoms with Crippen LogP contribution >= 0.6 is 0 Å². The number of para-hydroxylation sites is 1. The van der Waals surface area contributed by atoms with E-state index in [2.05, 4.69) is 38.1 Å². The highest BCUT2D eigenvalue weighted by Gasteiger charge is 2.22. The molecule has 6 heteroatoms. The Kier molecular flexibility index (Phi) is 5.51. The Morgan fingerprint density at radius 1 is 1.14 bits per heavy atom. The number of likely N-dealkylation sites (N-methyl/N-ethyl adjacent to an activating group) is 1. The van der Waals surface area contributed by atoms with Gasteiger partial charge in [-0.05, 0) is 61.6 Å². The average molecular weight is 387 g/mol.